The number of nitrogens with zero attached hydrogens (tertiary/aromatic N) is 4. The fraction of sp³-hybridized carbons (Fsp3) is 0.444. The molecule has 3 heterocycles. The summed E-state index contributed by atoms with van der Waals surface area (Å²) in [5.74, 6) is 0. The van der Waals surface area contributed by atoms with Crippen LogP contribution in [0.3, 0.4) is 0 Å². The maximum absolute atomic E-state index is 9.37. The van der Waals surface area contributed by atoms with Gasteiger partial charge in [0.1, 0.15) is 6.33 Å². The average molecular weight is 206 g/mol. The summed E-state index contributed by atoms with van der Waals surface area (Å²) in [7, 11) is 0. The number of ether oxygens (including phenoxy) is 1. The summed E-state index contributed by atoms with van der Waals surface area (Å²) in [6, 6.07) is 0. The predicted molar refractivity (Wildman–Crippen MR) is 50.9 cm³/mol. The monoisotopic (exact) mass is 206 g/mol. The maximum Gasteiger partial charge on any atom is 0.163 e. The van der Waals surface area contributed by atoms with E-state index in [2.05, 4.69) is 15.1 Å². The quantitative estimate of drug-likeness (QED) is 0.716. The Bertz CT molecular complexity index is 484. The number of hydrogen-bond donors (Lipinski definition) is 1. The second-order valence-corrected chi connectivity index (χ2v) is 3.57. The molecule has 1 N–H and O–H groups in total. The van der Waals surface area contributed by atoms with Crippen molar-refractivity contribution >= 4 is 11.0 Å². The molecule has 0 unspecified atom stereocenters. The molecule has 2 aromatic heterocycles. The lowest BCUT2D eigenvalue weighted by atomic mass is 10.3. The Balaban J connectivity index is 2.04. The van der Waals surface area contributed by atoms with Gasteiger partial charge in [0.2, 0.25) is 0 Å². The molecular formula is C9H10N4O2. The molecule has 6 heteroatoms. The summed E-state index contributed by atoms with van der Waals surface area (Å²) in [6.07, 6.45) is 4.82. The van der Waals surface area contributed by atoms with Crippen molar-refractivity contribution in [2.75, 3.05) is 6.61 Å². The van der Waals surface area contributed by atoms with Gasteiger partial charge in [0.25, 0.3) is 0 Å². The Hall–Kier alpha value is -1.53. The first kappa shape index (κ1) is 8.75. The molecule has 1 saturated heterocycles. The van der Waals surface area contributed by atoms with E-state index in [-0.39, 0.29) is 6.23 Å². The van der Waals surface area contributed by atoms with Crippen LogP contribution in [-0.4, -0.2) is 37.6 Å². The molecule has 6 nitrogen and oxygen atoms in total. The van der Waals surface area contributed by atoms with Crippen LogP contribution in [0.4, 0.5) is 0 Å². The SMILES string of the molecule is O[C@@H]1CO[C@@H](n2ncc3cncnc32)C1. The van der Waals surface area contributed by atoms with E-state index in [0.29, 0.717) is 13.0 Å². The fourth-order valence-electron chi connectivity index (χ4n) is 1.77. The van der Waals surface area contributed by atoms with Crippen molar-refractivity contribution < 1.29 is 9.84 Å². The number of aliphatic hydroxyl groups is 1. The number of hydrogen-bond acceptors (Lipinski definition) is 5. The fourth-order valence-corrected chi connectivity index (χ4v) is 1.77. The van der Waals surface area contributed by atoms with E-state index in [9.17, 15) is 5.11 Å². The van der Waals surface area contributed by atoms with Gasteiger partial charge in [0.05, 0.1) is 24.3 Å². The molecule has 0 aromatic carbocycles. The lowest BCUT2D eigenvalue weighted by molar-refractivity contribution is 0.0424. The van der Waals surface area contributed by atoms with Crippen LogP contribution in [0.2, 0.25) is 0 Å². The Morgan fingerprint density at radius 2 is 2.40 bits per heavy atom. The Morgan fingerprint density at radius 3 is 3.20 bits per heavy atom. The molecule has 0 spiro atoms. The summed E-state index contributed by atoms with van der Waals surface area (Å²) < 4.78 is 7.10. The van der Waals surface area contributed by atoms with Crippen molar-refractivity contribution in [1.82, 2.24) is 19.7 Å². The van der Waals surface area contributed by atoms with Crippen molar-refractivity contribution in [1.29, 1.82) is 0 Å². The lowest BCUT2D eigenvalue weighted by Gasteiger charge is -2.09. The van der Waals surface area contributed by atoms with Crippen LogP contribution >= 0.6 is 0 Å². The molecular weight excluding hydrogens is 196 g/mol. The van der Waals surface area contributed by atoms with Gasteiger partial charge in [-0.1, -0.05) is 0 Å². The summed E-state index contributed by atoms with van der Waals surface area (Å²) in [5.41, 5.74) is 0.740. The van der Waals surface area contributed by atoms with Crippen LogP contribution in [0.15, 0.2) is 18.7 Å². The molecule has 0 aliphatic carbocycles. The summed E-state index contributed by atoms with van der Waals surface area (Å²) in [5, 5.41) is 14.4. The molecule has 0 bridgehead atoms. The van der Waals surface area contributed by atoms with E-state index in [0.717, 1.165) is 11.0 Å². The summed E-state index contributed by atoms with van der Waals surface area (Å²) in [6.45, 7) is 0.358. The Morgan fingerprint density at radius 1 is 1.47 bits per heavy atom. The third kappa shape index (κ3) is 1.38. The van der Waals surface area contributed by atoms with Gasteiger partial charge in [-0.15, -0.1) is 0 Å². The highest BCUT2D eigenvalue weighted by molar-refractivity contribution is 5.72. The van der Waals surface area contributed by atoms with Gasteiger partial charge >= 0.3 is 0 Å². The van der Waals surface area contributed by atoms with Crippen LogP contribution < -0.4 is 0 Å². The minimum atomic E-state index is -0.406. The molecule has 78 valence electrons. The zero-order valence-corrected chi connectivity index (χ0v) is 7.95. The highest BCUT2D eigenvalue weighted by Crippen LogP contribution is 2.25. The van der Waals surface area contributed by atoms with Gasteiger partial charge in [0.15, 0.2) is 11.9 Å². The van der Waals surface area contributed by atoms with Crippen LogP contribution in [0.5, 0.6) is 0 Å². The van der Waals surface area contributed by atoms with Crippen molar-refractivity contribution in [2.45, 2.75) is 18.8 Å². The van der Waals surface area contributed by atoms with Crippen LogP contribution in [0.25, 0.3) is 11.0 Å². The molecule has 1 aliphatic heterocycles. The van der Waals surface area contributed by atoms with E-state index in [1.54, 1.807) is 17.1 Å². The van der Waals surface area contributed by atoms with Gasteiger partial charge in [-0.2, -0.15) is 5.10 Å². The van der Waals surface area contributed by atoms with Gasteiger partial charge in [0, 0.05) is 12.6 Å². The van der Waals surface area contributed by atoms with E-state index in [1.807, 2.05) is 0 Å². The minimum Gasteiger partial charge on any atom is -0.391 e. The van der Waals surface area contributed by atoms with Crippen molar-refractivity contribution in [3.63, 3.8) is 0 Å². The zero-order chi connectivity index (χ0) is 10.3. The van der Waals surface area contributed by atoms with Gasteiger partial charge in [-0.05, 0) is 0 Å². The molecule has 3 rings (SSSR count). The van der Waals surface area contributed by atoms with Gasteiger partial charge in [-0.3, -0.25) is 0 Å². The third-order valence-electron chi connectivity index (χ3n) is 2.48. The first-order valence-corrected chi connectivity index (χ1v) is 4.77. The smallest absolute Gasteiger partial charge is 0.163 e. The van der Waals surface area contributed by atoms with Crippen molar-refractivity contribution in [2.24, 2.45) is 0 Å². The molecule has 0 saturated carbocycles. The van der Waals surface area contributed by atoms with Crippen LogP contribution in [0, 0.1) is 0 Å². The highest BCUT2D eigenvalue weighted by Gasteiger charge is 2.26. The largest absolute Gasteiger partial charge is 0.391 e. The lowest BCUT2D eigenvalue weighted by Crippen LogP contribution is -2.10. The van der Waals surface area contributed by atoms with Crippen molar-refractivity contribution in [3.05, 3.63) is 18.7 Å². The predicted octanol–water partition coefficient (Wildman–Crippen LogP) is 0.106. The second-order valence-electron chi connectivity index (χ2n) is 3.57. The Kier molecular flexibility index (Phi) is 1.90. The average Bonchev–Trinajstić information content (AvgIpc) is 2.83. The van der Waals surface area contributed by atoms with E-state index in [4.69, 9.17) is 4.74 Å². The van der Waals surface area contributed by atoms with Gasteiger partial charge in [-0.25, -0.2) is 14.6 Å². The molecule has 0 radical (unpaired) electrons. The summed E-state index contributed by atoms with van der Waals surface area (Å²) in [4.78, 5) is 8.05. The minimum absolute atomic E-state index is 0.215. The first-order valence-electron chi connectivity index (χ1n) is 4.77. The number of fused-ring (bicyclic) bond motifs is 1. The van der Waals surface area contributed by atoms with Crippen molar-refractivity contribution in [3.8, 4) is 0 Å². The number of aliphatic hydroxyl groups excluding tert-OH is 1. The molecule has 2 aromatic rings. The zero-order valence-electron chi connectivity index (χ0n) is 7.95. The van der Waals surface area contributed by atoms with Crippen LogP contribution in [-0.2, 0) is 4.74 Å². The molecule has 1 fully saturated rings. The van der Waals surface area contributed by atoms with Gasteiger partial charge < -0.3 is 9.84 Å². The van der Waals surface area contributed by atoms with Crippen LogP contribution in [0.1, 0.15) is 12.6 Å². The van der Waals surface area contributed by atoms with E-state index in [1.165, 1.54) is 6.33 Å². The third-order valence-corrected chi connectivity index (χ3v) is 2.48. The molecule has 0 amide bonds. The molecule has 2 atom stereocenters. The topological polar surface area (TPSA) is 73.1 Å². The normalized spacial score (nSPS) is 26.2. The number of aromatic nitrogens is 4. The molecule has 1 aliphatic rings. The maximum atomic E-state index is 9.37. The Labute approximate surface area is 85.5 Å². The number of rotatable bonds is 1. The second kappa shape index (κ2) is 3.25. The highest BCUT2D eigenvalue weighted by atomic mass is 16.5. The first-order chi connectivity index (χ1) is 7.34. The molecule has 15 heavy (non-hydrogen) atoms. The standard InChI is InChI=1S/C9H10N4O2/c14-7-1-8(15-4-7)13-9-6(3-12-13)2-10-5-11-9/h2-3,5,7-8,14H,1,4H2/t7-,8+/m0/s1. The summed E-state index contributed by atoms with van der Waals surface area (Å²) >= 11 is 0. The van der Waals surface area contributed by atoms with E-state index >= 15 is 0 Å². The van der Waals surface area contributed by atoms with E-state index < -0.39 is 6.10 Å².